The number of hydrogen-bond acceptors (Lipinski definition) is 1. The van der Waals surface area contributed by atoms with E-state index in [1.165, 1.54) is 0 Å². The molecule has 1 N–H and O–H groups in total. The molecule has 4 saturated carbocycles. The highest BCUT2D eigenvalue weighted by atomic mass is 35.5. The molecule has 0 radical (unpaired) electrons. The number of carboxylic acids is 1. The molecule has 0 heterocycles. The van der Waals surface area contributed by atoms with Crippen LogP contribution < -0.4 is 0 Å². The third-order valence-corrected chi connectivity index (χ3v) is 4.95. The molecule has 0 aromatic carbocycles. The molecule has 0 spiro atoms. The molecule has 0 aliphatic heterocycles. The van der Waals surface area contributed by atoms with Crippen LogP contribution in [0.15, 0.2) is 0 Å². The molecule has 3 heteroatoms. The van der Waals surface area contributed by atoms with E-state index in [2.05, 4.69) is 0 Å². The quantitative estimate of drug-likeness (QED) is 0.681. The van der Waals surface area contributed by atoms with Crippen LogP contribution in [0.25, 0.3) is 0 Å². The van der Waals surface area contributed by atoms with Gasteiger partial charge in [-0.1, -0.05) is 0 Å². The third kappa shape index (κ3) is 1.13. The number of alkyl halides is 1. The summed E-state index contributed by atoms with van der Waals surface area (Å²) >= 11 is 6.51. The van der Waals surface area contributed by atoms with Crippen LogP contribution in [-0.4, -0.2) is 16.0 Å². The molecule has 4 fully saturated rings. The summed E-state index contributed by atoms with van der Waals surface area (Å²) in [7, 11) is 0. The van der Waals surface area contributed by atoms with Gasteiger partial charge in [-0.25, -0.2) is 0 Å². The first-order valence-electron chi connectivity index (χ1n) is 5.49. The number of hydrogen-bond donors (Lipinski definition) is 1. The van der Waals surface area contributed by atoms with Crippen LogP contribution in [-0.2, 0) is 4.79 Å². The Morgan fingerprint density at radius 1 is 1.21 bits per heavy atom. The second kappa shape index (κ2) is 2.66. The van der Waals surface area contributed by atoms with Crippen LogP contribution in [0.3, 0.4) is 0 Å². The Hall–Kier alpha value is -0.240. The Labute approximate surface area is 88.6 Å². The Balaban J connectivity index is 1.93. The molecule has 14 heavy (non-hydrogen) atoms. The van der Waals surface area contributed by atoms with Crippen LogP contribution in [0.5, 0.6) is 0 Å². The zero-order chi connectivity index (χ0) is 9.92. The predicted molar refractivity (Wildman–Crippen MR) is 53.3 cm³/mol. The molecule has 78 valence electrons. The standard InChI is InChI=1S/C11H15ClO2/c12-11-3-6-1-7(4-11)9(10(13)14)8(2-6)5-11/h6-9H,1-5H2,(H,13,14). The Bertz CT molecular complexity index is 273. The predicted octanol–water partition coefficient (Wildman–Crippen LogP) is 2.50. The van der Waals surface area contributed by atoms with Crippen molar-refractivity contribution in [2.75, 3.05) is 0 Å². The van der Waals surface area contributed by atoms with E-state index in [9.17, 15) is 9.90 Å². The first-order valence-corrected chi connectivity index (χ1v) is 5.87. The second-order valence-electron chi connectivity index (χ2n) is 5.48. The summed E-state index contributed by atoms with van der Waals surface area (Å²) in [4.78, 5) is 11.1. The summed E-state index contributed by atoms with van der Waals surface area (Å²) in [6.45, 7) is 0. The SMILES string of the molecule is O=C(O)C1C2CC3CC1CC(Cl)(C3)C2. The molecule has 4 bridgehead atoms. The maximum atomic E-state index is 11.2. The summed E-state index contributed by atoms with van der Waals surface area (Å²) < 4.78 is 0. The molecule has 4 aliphatic rings. The highest BCUT2D eigenvalue weighted by Crippen LogP contribution is 2.60. The first kappa shape index (κ1) is 9.02. The van der Waals surface area contributed by atoms with Gasteiger partial charge >= 0.3 is 5.97 Å². The number of carbonyl (C=O) groups is 1. The second-order valence-corrected chi connectivity index (χ2v) is 6.29. The highest BCUT2D eigenvalue weighted by molar-refractivity contribution is 6.24. The lowest BCUT2D eigenvalue weighted by atomic mass is 9.51. The highest BCUT2D eigenvalue weighted by Gasteiger charge is 2.56. The lowest BCUT2D eigenvalue weighted by molar-refractivity contribution is -0.154. The van der Waals surface area contributed by atoms with Crippen molar-refractivity contribution in [3.63, 3.8) is 0 Å². The smallest absolute Gasteiger partial charge is 0.307 e. The zero-order valence-electron chi connectivity index (χ0n) is 8.08. The van der Waals surface area contributed by atoms with Gasteiger partial charge in [0.15, 0.2) is 0 Å². The van der Waals surface area contributed by atoms with Gasteiger partial charge < -0.3 is 5.11 Å². The fourth-order valence-electron chi connectivity index (χ4n) is 4.33. The van der Waals surface area contributed by atoms with Crippen molar-refractivity contribution in [1.29, 1.82) is 0 Å². The third-order valence-electron chi connectivity index (χ3n) is 4.48. The van der Waals surface area contributed by atoms with Crippen molar-refractivity contribution in [1.82, 2.24) is 0 Å². The summed E-state index contributed by atoms with van der Waals surface area (Å²) in [6.07, 6.45) is 5.24. The minimum absolute atomic E-state index is 0.0253. The van der Waals surface area contributed by atoms with E-state index in [1.807, 2.05) is 0 Å². The largest absolute Gasteiger partial charge is 0.481 e. The number of rotatable bonds is 1. The maximum Gasteiger partial charge on any atom is 0.307 e. The van der Waals surface area contributed by atoms with Gasteiger partial charge in [0.2, 0.25) is 0 Å². The van der Waals surface area contributed by atoms with Crippen molar-refractivity contribution >= 4 is 17.6 Å². The Kier molecular flexibility index (Phi) is 1.71. The van der Waals surface area contributed by atoms with Crippen molar-refractivity contribution in [3.8, 4) is 0 Å². The van der Waals surface area contributed by atoms with Crippen molar-refractivity contribution in [3.05, 3.63) is 0 Å². The van der Waals surface area contributed by atoms with Crippen LogP contribution in [0.2, 0.25) is 0 Å². The van der Waals surface area contributed by atoms with E-state index in [1.54, 1.807) is 0 Å². The van der Waals surface area contributed by atoms with Crippen LogP contribution in [0, 0.1) is 23.7 Å². The van der Waals surface area contributed by atoms with Gasteiger partial charge in [0.25, 0.3) is 0 Å². The van der Waals surface area contributed by atoms with Gasteiger partial charge in [-0.05, 0) is 49.9 Å². The van der Waals surface area contributed by atoms with Crippen LogP contribution in [0.4, 0.5) is 0 Å². The normalized spacial score (nSPS) is 54.9. The monoisotopic (exact) mass is 214 g/mol. The van der Waals surface area contributed by atoms with E-state index < -0.39 is 5.97 Å². The van der Waals surface area contributed by atoms with Gasteiger partial charge in [0, 0.05) is 4.87 Å². The Morgan fingerprint density at radius 3 is 2.21 bits per heavy atom. The minimum atomic E-state index is -0.584. The van der Waals surface area contributed by atoms with Crippen LogP contribution in [0.1, 0.15) is 32.1 Å². The van der Waals surface area contributed by atoms with Gasteiger partial charge in [0.1, 0.15) is 0 Å². The number of halogens is 1. The summed E-state index contributed by atoms with van der Waals surface area (Å²) in [5, 5.41) is 9.19. The lowest BCUT2D eigenvalue weighted by Gasteiger charge is -2.56. The van der Waals surface area contributed by atoms with E-state index in [4.69, 9.17) is 11.6 Å². The summed E-state index contributed by atoms with van der Waals surface area (Å²) in [5.41, 5.74) is 0. The molecule has 0 saturated heterocycles. The Morgan fingerprint density at radius 2 is 1.79 bits per heavy atom. The van der Waals surface area contributed by atoms with Crippen molar-refractivity contribution in [2.45, 2.75) is 37.0 Å². The molecule has 0 aromatic heterocycles. The van der Waals surface area contributed by atoms with E-state index in [0.29, 0.717) is 11.8 Å². The molecular formula is C11H15ClO2. The molecule has 4 rings (SSSR count). The van der Waals surface area contributed by atoms with Crippen molar-refractivity contribution in [2.24, 2.45) is 23.7 Å². The fraction of sp³-hybridized carbons (Fsp3) is 0.909. The average molecular weight is 215 g/mol. The van der Waals surface area contributed by atoms with Crippen LogP contribution >= 0.6 is 11.6 Å². The van der Waals surface area contributed by atoms with Crippen molar-refractivity contribution < 1.29 is 9.90 Å². The molecule has 0 aromatic rings. The molecule has 4 aliphatic carbocycles. The van der Waals surface area contributed by atoms with Gasteiger partial charge in [-0.3, -0.25) is 4.79 Å². The van der Waals surface area contributed by atoms with Gasteiger partial charge in [-0.15, -0.1) is 11.6 Å². The topological polar surface area (TPSA) is 37.3 Å². The minimum Gasteiger partial charge on any atom is -0.481 e. The summed E-state index contributed by atoms with van der Waals surface area (Å²) in [5.74, 6) is 0.797. The molecule has 2 atom stereocenters. The van der Waals surface area contributed by atoms with E-state index in [-0.39, 0.29) is 10.8 Å². The zero-order valence-corrected chi connectivity index (χ0v) is 8.83. The number of aliphatic carboxylic acids is 1. The fourth-order valence-corrected chi connectivity index (χ4v) is 4.94. The first-order chi connectivity index (χ1) is 6.57. The number of carboxylic acid groups (broad SMARTS) is 1. The van der Waals surface area contributed by atoms with Gasteiger partial charge in [0.05, 0.1) is 5.92 Å². The lowest BCUT2D eigenvalue weighted by Crippen LogP contribution is -2.54. The molecule has 2 unspecified atom stereocenters. The van der Waals surface area contributed by atoms with E-state index in [0.717, 1.165) is 38.0 Å². The summed E-state index contributed by atoms with van der Waals surface area (Å²) in [6, 6.07) is 0. The molecule has 2 nitrogen and oxygen atoms in total. The average Bonchev–Trinajstić information content (AvgIpc) is 1.97. The van der Waals surface area contributed by atoms with Gasteiger partial charge in [-0.2, -0.15) is 0 Å². The maximum absolute atomic E-state index is 11.2. The molecular weight excluding hydrogens is 200 g/mol. The van der Waals surface area contributed by atoms with E-state index >= 15 is 0 Å². The molecule has 0 amide bonds.